The zero-order chi connectivity index (χ0) is 9.97. The van der Waals surface area contributed by atoms with Gasteiger partial charge in [0.1, 0.15) is 11.5 Å². The van der Waals surface area contributed by atoms with Crippen LogP contribution in [-0.4, -0.2) is 24.0 Å². The second-order valence-corrected chi connectivity index (χ2v) is 4.13. The van der Waals surface area contributed by atoms with Gasteiger partial charge in [0.15, 0.2) is 0 Å². The van der Waals surface area contributed by atoms with Crippen LogP contribution in [-0.2, 0) is 6.54 Å². The van der Waals surface area contributed by atoms with Crippen LogP contribution in [0.2, 0.25) is 0 Å². The lowest BCUT2D eigenvalue weighted by Gasteiger charge is -2.29. The predicted molar refractivity (Wildman–Crippen MR) is 55.9 cm³/mol. The summed E-state index contributed by atoms with van der Waals surface area (Å²) >= 11 is 0. The molecule has 3 nitrogen and oxygen atoms in total. The molecule has 0 saturated carbocycles. The Morgan fingerprint density at radius 3 is 2.71 bits per heavy atom. The Morgan fingerprint density at radius 2 is 2.14 bits per heavy atom. The zero-order valence-corrected chi connectivity index (χ0v) is 8.70. The minimum absolute atomic E-state index is 0.407. The van der Waals surface area contributed by atoms with Crippen molar-refractivity contribution < 1.29 is 4.42 Å². The molecule has 0 bridgehead atoms. The molecule has 0 aromatic carbocycles. The molecule has 2 rings (SSSR count). The Morgan fingerprint density at radius 1 is 1.43 bits per heavy atom. The normalized spacial score (nSPS) is 20.1. The van der Waals surface area contributed by atoms with E-state index in [2.05, 4.69) is 11.0 Å². The summed E-state index contributed by atoms with van der Waals surface area (Å²) in [6, 6.07) is 4.49. The first-order chi connectivity index (χ1) is 6.74. The Kier molecular flexibility index (Phi) is 2.89. The van der Waals surface area contributed by atoms with Crippen LogP contribution in [0.5, 0.6) is 0 Å². The van der Waals surface area contributed by atoms with Crippen molar-refractivity contribution in [3.63, 3.8) is 0 Å². The molecule has 0 unspecified atom stereocenters. The third kappa shape index (κ3) is 2.36. The monoisotopic (exact) mass is 194 g/mol. The molecule has 0 amide bonds. The Bertz CT molecular complexity index is 287. The van der Waals surface area contributed by atoms with E-state index < -0.39 is 0 Å². The van der Waals surface area contributed by atoms with Gasteiger partial charge in [-0.05, 0) is 31.9 Å². The Balaban J connectivity index is 1.86. The van der Waals surface area contributed by atoms with Crippen molar-refractivity contribution in [1.29, 1.82) is 0 Å². The minimum Gasteiger partial charge on any atom is -0.465 e. The number of piperidine rings is 1. The SMILES string of the molecule is Cc1ccc(CN2CCC(N)CC2)o1. The number of likely N-dealkylation sites (tertiary alicyclic amines) is 1. The van der Waals surface area contributed by atoms with Gasteiger partial charge in [-0.3, -0.25) is 4.90 Å². The standard InChI is InChI=1S/C11H18N2O/c1-9-2-3-11(14-9)8-13-6-4-10(12)5-7-13/h2-3,10H,4-8,12H2,1H3. The summed E-state index contributed by atoms with van der Waals surface area (Å²) in [7, 11) is 0. The molecular formula is C11H18N2O. The first kappa shape index (κ1) is 9.74. The topological polar surface area (TPSA) is 42.4 Å². The highest BCUT2D eigenvalue weighted by molar-refractivity contribution is 5.05. The highest BCUT2D eigenvalue weighted by Crippen LogP contribution is 2.14. The van der Waals surface area contributed by atoms with Gasteiger partial charge in [0.05, 0.1) is 6.54 Å². The largest absolute Gasteiger partial charge is 0.465 e. The summed E-state index contributed by atoms with van der Waals surface area (Å²) in [6.45, 7) is 5.11. The van der Waals surface area contributed by atoms with Crippen LogP contribution < -0.4 is 5.73 Å². The van der Waals surface area contributed by atoms with Gasteiger partial charge in [0, 0.05) is 19.1 Å². The van der Waals surface area contributed by atoms with E-state index in [0.29, 0.717) is 6.04 Å². The fourth-order valence-electron chi connectivity index (χ4n) is 1.90. The molecule has 1 aliphatic rings. The van der Waals surface area contributed by atoms with Gasteiger partial charge >= 0.3 is 0 Å². The van der Waals surface area contributed by atoms with Crippen LogP contribution in [0.4, 0.5) is 0 Å². The van der Waals surface area contributed by atoms with Gasteiger partial charge in [-0.25, -0.2) is 0 Å². The number of aryl methyl sites for hydroxylation is 1. The maximum Gasteiger partial charge on any atom is 0.118 e. The van der Waals surface area contributed by atoms with Crippen molar-refractivity contribution >= 4 is 0 Å². The van der Waals surface area contributed by atoms with Gasteiger partial charge in [-0.1, -0.05) is 0 Å². The van der Waals surface area contributed by atoms with E-state index in [1.807, 2.05) is 13.0 Å². The lowest BCUT2D eigenvalue weighted by Crippen LogP contribution is -2.39. The molecule has 1 aliphatic heterocycles. The second-order valence-electron chi connectivity index (χ2n) is 4.13. The molecule has 0 aliphatic carbocycles. The maximum atomic E-state index is 5.84. The van der Waals surface area contributed by atoms with E-state index in [4.69, 9.17) is 10.2 Å². The first-order valence-corrected chi connectivity index (χ1v) is 5.27. The number of furan rings is 1. The molecule has 0 atom stereocenters. The lowest BCUT2D eigenvalue weighted by molar-refractivity contribution is 0.191. The van der Waals surface area contributed by atoms with Crippen LogP contribution in [0, 0.1) is 6.92 Å². The molecule has 2 N–H and O–H groups in total. The van der Waals surface area contributed by atoms with E-state index in [1.165, 1.54) is 0 Å². The maximum absolute atomic E-state index is 5.84. The fourth-order valence-corrected chi connectivity index (χ4v) is 1.90. The van der Waals surface area contributed by atoms with E-state index in [0.717, 1.165) is 44.0 Å². The third-order valence-corrected chi connectivity index (χ3v) is 2.81. The van der Waals surface area contributed by atoms with Crippen LogP contribution in [0.15, 0.2) is 16.5 Å². The van der Waals surface area contributed by atoms with Crippen LogP contribution in [0.25, 0.3) is 0 Å². The number of hydrogen-bond donors (Lipinski definition) is 1. The van der Waals surface area contributed by atoms with Crippen molar-refractivity contribution in [1.82, 2.24) is 4.90 Å². The molecule has 0 radical (unpaired) electrons. The van der Waals surface area contributed by atoms with Gasteiger partial charge in [-0.15, -0.1) is 0 Å². The van der Waals surface area contributed by atoms with Crippen molar-refractivity contribution in [2.45, 2.75) is 32.4 Å². The van der Waals surface area contributed by atoms with Crippen LogP contribution in [0.3, 0.4) is 0 Å². The molecule has 1 aromatic heterocycles. The molecule has 3 heteroatoms. The van der Waals surface area contributed by atoms with Crippen molar-refractivity contribution in [3.8, 4) is 0 Å². The van der Waals surface area contributed by atoms with Crippen molar-refractivity contribution in [2.24, 2.45) is 5.73 Å². The summed E-state index contributed by atoms with van der Waals surface area (Å²) < 4.78 is 5.54. The Hall–Kier alpha value is -0.800. The van der Waals surface area contributed by atoms with Gasteiger partial charge in [0.25, 0.3) is 0 Å². The highest BCUT2D eigenvalue weighted by atomic mass is 16.3. The van der Waals surface area contributed by atoms with Gasteiger partial charge in [0.2, 0.25) is 0 Å². The number of hydrogen-bond acceptors (Lipinski definition) is 3. The number of rotatable bonds is 2. The lowest BCUT2D eigenvalue weighted by atomic mass is 10.1. The average Bonchev–Trinajstić information content (AvgIpc) is 2.56. The number of nitrogens with two attached hydrogens (primary N) is 1. The molecule has 1 saturated heterocycles. The minimum atomic E-state index is 0.407. The summed E-state index contributed by atoms with van der Waals surface area (Å²) in [4.78, 5) is 2.40. The quantitative estimate of drug-likeness (QED) is 0.776. The summed E-state index contributed by atoms with van der Waals surface area (Å²) in [5, 5.41) is 0. The van der Waals surface area contributed by atoms with Crippen molar-refractivity contribution in [3.05, 3.63) is 23.7 Å². The smallest absolute Gasteiger partial charge is 0.118 e. The molecular weight excluding hydrogens is 176 g/mol. The molecule has 0 spiro atoms. The second kappa shape index (κ2) is 4.15. The van der Waals surface area contributed by atoms with Crippen LogP contribution in [0.1, 0.15) is 24.4 Å². The third-order valence-electron chi connectivity index (χ3n) is 2.81. The molecule has 2 heterocycles. The van der Waals surface area contributed by atoms with E-state index in [-0.39, 0.29) is 0 Å². The molecule has 1 fully saturated rings. The number of nitrogens with zero attached hydrogens (tertiary/aromatic N) is 1. The molecule has 1 aromatic rings. The fraction of sp³-hybridized carbons (Fsp3) is 0.636. The molecule has 14 heavy (non-hydrogen) atoms. The summed E-state index contributed by atoms with van der Waals surface area (Å²) in [5.41, 5.74) is 5.84. The summed E-state index contributed by atoms with van der Waals surface area (Å²) in [5.74, 6) is 2.06. The van der Waals surface area contributed by atoms with Gasteiger partial charge in [-0.2, -0.15) is 0 Å². The van der Waals surface area contributed by atoms with E-state index in [1.54, 1.807) is 0 Å². The summed E-state index contributed by atoms with van der Waals surface area (Å²) in [6.07, 6.45) is 2.22. The van der Waals surface area contributed by atoms with Crippen molar-refractivity contribution in [2.75, 3.05) is 13.1 Å². The van der Waals surface area contributed by atoms with Gasteiger partial charge < -0.3 is 10.2 Å². The highest BCUT2D eigenvalue weighted by Gasteiger charge is 2.16. The van der Waals surface area contributed by atoms with E-state index in [9.17, 15) is 0 Å². The predicted octanol–water partition coefficient (Wildman–Crippen LogP) is 1.51. The molecule has 78 valence electrons. The van der Waals surface area contributed by atoms with E-state index >= 15 is 0 Å². The zero-order valence-electron chi connectivity index (χ0n) is 8.70. The first-order valence-electron chi connectivity index (χ1n) is 5.27. The average molecular weight is 194 g/mol. The van der Waals surface area contributed by atoms with Crippen LogP contribution >= 0.6 is 0 Å². The Labute approximate surface area is 84.9 Å².